The van der Waals surface area contributed by atoms with Gasteiger partial charge in [0.25, 0.3) is 0 Å². The Hall–Kier alpha value is -0.870. The Bertz CT molecular complexity index is 395. The van der Waals surface area contributed by atoms with Gasteiger partial charge >= 0.3 is 5.97 Å². The largest absolute Gasteiger partial charge is 0.481 e. The monoisotopic (exact) mass is 284 g/mol. The molecule has 0 spiro atoms. The Morgan fingerprint density at radius 1 is 1.38 bits per heavy atom. The molecule has 1 aromatic rings. The standard InChI is InChI=1S/C12H13BrO3/c13-9-3-1-8(2-4-9)12(5-6-12)10(14)7-11(15)16/h1-4,10,14H,5-7H2,(H,15,16)/t10-/m1/s1. The van der Waals surface area contributed by atoms with Crippen molar-refractivity contribution in [2.75, 3.05) is 0 Å². The lowest BCUT2D eigenvalue weighted by Crippen LogP contribution is -2.28. The van der Waals surface area contributed by atoms with Crippen LogP contribution in [0.15, 0.2) is 28.7 Å². The Morgan fingerprint density at radius 3 is 2.38 bits per heavy atom. The molecular formula is C12H13BrO3. The molecule has 86 valence electrons. The number of rotatable bonds is 4. The minimum absolute atomic E-state index is 0.184. The van der Waals surface area contributed by atoms with Crippen LogP contribution in [0, 0.1) is 0 Å². The first-order valence-electron chi connectivity index (χ1n) is 5.20. The number of halogens is 1. The quantitative estimate of drug-likeness (QED) is 0.892. The molecule has 0 radical (unpaired) electrons. The van der Waals surface area contributed by atoms with Crippen molar-refractivity contribution in [2.24, 2.45) is 0 Å². The number of hydrogen-bond acceptors (Lipinski definition) is 2. The fraction of sp³-hybridized carbons (Fsp3) is 0.417. The maximum absolute atomic E-state index is 10.6. The number of hydrogen-bond donors (Lipinski definition) is 2. The van der Waals surface area contributed by atoms with Crippen LogP contribution in [0.3, 0.4) is 0 Å². The summed E-state index contributed by atoms with van der Waals surface area (Å²) in [5, 5.41) is 18.6. The number of aliphatic hydroxyl groups excluding tert-OH is 1. The third-order valence-electron chi connectivity index (χ3n) is 3.21. The highest BCUT2D eigenvalue weighted by atomic mass is 79.9. The lowest BCUT2D eigenvalue weighted by Gasteiger charge is -2.21. The molecule has 0 saturated heterocycles. The molecule has 4 heteroatoms. The van der Waals surface area contributed by atoms with Crippen molar-refractivity contribution in [3.63, 3.8) is 0 Å². The maximum Gasteiger partial charge on any atom is 0.306 e. The molecular weight excluding hydrogens is 272 g/mol. The van der Waals surface area contributed by atoms with Gasteiger partial charge in [-0.2, -0.15) is 0 Å². The van der Waals surface area contributed by atoms with Crippen LogP contribution in [-0.4, -0.2) is 22.3 Å². The van der Waals surface area contributed by atoms with Gasteiger partial charge in [0.15, 0.2) is 0 Å². The molecule has 0 aromatic heterocycles. The second kappa shape index (κ2) is 4.18. The Kier molecular flexibility index (Phi) is 3.04. The summed E-state index contributed by atoms with van der Waals surface area (Å²) < 4.78 is 0.986. The number of aliphatic carboxylic acids is 1. The van der Waals surface area contributed by atoms with Gasteiger partial charge in [0.05, 0.1) is 12.5 Å². The van der Waals surface area contributed by atoms with Crippen LogP contribution in [-0.2, 0) is 10.2 Å². The predicted molar refractivity (Wildman–Crippen MR) is 63.3 cm³/mol. The van der Waals surface area contributed by atoms with E-state index in [0.717, 1.165) is 22.9 Å². The van der Waals surface area contributed by atoms with Gasteiger partial charge in [-0.25, -0.2) is 0 Å². The lowest BCUT2D eigenvalue weighted by molar-refractivity contribution is -0.139. The summed E-state index contributed by atoms with van der Waals surface area (Å²) in [4.78, 5) is 10.6. The average Bonchev–Trinajstić information content (AvgIpc) is 2.98. The summed E-state index contributed by atoms with van der Waals surface area (Å²) in [6.45, 7) is 0. The molecule has 16 heavy (non-hydrogen) atoms. The van der Waals surface area contributed by atoms with Crippen LogP contribution in [0.1, 0.15) is 24.8 Å². The van der Waals surface area contributed by atoms with Crippen LogP contribution in [0.4, 0.5) is 0 Å². The van der Waals surface area contributed by atoms with E-state index in [2.05, 4.69) is 15.9 Å². The third-order valence-corrected chi connectivity index (χ3v) is 3.74. The molecule has 0 amide bonds. The Balaban J connectivity index is 2.19. The number of benzene rings is 1. The van der Waals surface area contributed by atoms with Gasteiger partial charge in [0.2, 0.25) is 0 Å². The van der Waals surface area contributed by atoms with Crippen molar-refractivity contribution < 1.29 is 15.0 Å². The highest BCUT2D eigenvalue weighted by molar-refractivity contribution is 9.10. The van der Waals surface area contributed by atoms with E-state index in [-0.39, 0.29) is 11.8 Å². The number of carboxylic acid groups (broad SMARTS) is 1. The molecule has 1 saturated carbocycles. The highest BCUT2D eigenvalue weighted by Gasteiger charge is 2.50. The van der Waals surface area contributed by atoms with Crippen LogP contribution in [0.25, 0.3) is 0 Å². The second-order valence-corrected chi connectivity index (χ2v) is 5.19. The normalized spacial score (nSPS) is 19.1. The lowest BCUT2D eigenvalue weighted by atomic mass is 9.88. The molecule has 0 aliphatic heterocycles. The maximum atomic E-state index is 10.6. The van der Waals surface area contributed by atoms with Crippen LogP contribution < -0.4 is 0 Å². The number of aliphatic hydroxyl groups is 1. The minimum Gasteiger partial charge on any atom is -0.481 e. The van der Waals surface area contributed by atoms with Gasteiger partial charge in [0.1, 0.15) is 0 Å². The van der Waals surface area contributed by atoms with E-state index >= 15 is 0 Å². The molecule has 1 aliphatic rings. The molecule has 1 aliphatic carbocycles. The van der Waals surface area contributed by atoms with Crippen molar-refractivity contribution >= 4 is 21.9 Å². The first kappa shape index (κ1) is 11.6. The van der Waals surface area contributed by atoms with E-state index in [1.807, 2.05) is 24.3 Å². The van der Waals surface area contributed by atoms with Crippen molar-refractivity contribution in [3.8, 4) is 0 Å². The smallest absolute Gasteiger partial charge is 0.306 e. The average molecular weight is 285 g/mol. The summed E-state index contributed by atoms with van der Waals surface area (Å²) in [5.41, 5.74) is 0.712. The molecule has 1 atom stereocenters. The van der Waals surface area contributed by atoms with Gasteiger partial charge in [0, 0.05) is 9.89 Å². The van der Waals surface area contributed by atoms with E-state index in [9.17, 15) is 9.90 Å². The summed E-state index contributed by atoms with van der Waals surface area (Å²) in [7, 11) is 0. The molecule has 2 N–H and O–H groups in total. The van der Waals surface area contributed by atoms with Crippen molar-refractivity contribution in [2.45, 2.75) is 30.8 Å². The summed E-state index contributed by atoms with van der Waals surface area (Å²) in [6.07, 6.45) is 0.758. The van der Waals surface area contributed by atoms with E-state index < -0.39 is 12.1 Å². The van der Waals surface area contributed by atoms with E-state index in [0.29, 0.717) is 0 Å². The number of carbonyl (C=O) groups is 1. The van der Waals surface area contributed by atoms with E-state index in [4.69, 9.17) is 5.11 Å². The van der Waals surface area contributed by atoms with Crippen molar-refractivity contribution in [1.29, 1.82) is 0 Å². The van der Waals surface area contributed by atoms with Gasteiger partial charge < -0.3 is 10.2 Å². The zero-order valence-electron chi connectivity index (χ0n) is 8.69. The number of carboxylic acids is 1. The van der Waals surface area contributed by atoms with E-state index in [1.165, 1.54) is 0 Å². The molecule has 0 bridgehead atoms. The molecule has 3 nitrogen and oxygen atoms in total. The fourth-order valence-corrected chi connectivity index (χ4v) is 2.36. The zero-order chi connectivity index (χ0) is 11.8. The Labute approximate surface area is 102 Å². The topological polar surface area (TPSA) is 57.5 Å². The van der Waals surface area contributed by atoms with Crippen LogP contribution >= 0.6 is 15.9 Å². The second-order valence-electron chi connectivity index (χ2n) is 4.28. The highest BCUT2D eigenvalue weighted by Crippen LogP contribution is 2.51. The van der Waals surface area contributed by atoms with Gasteiger partial charge in [-0.15, -0.1) is 0 Å². The SMILES string of the molecule is O=C(O)C[C@@H](O)C1(c2ccc(Br)cc2)CC1. The van der Waals surface area contributed by atoms with Crippen LogP contribution in [0.2, 0.25) is 0 Å². The van der Waals surface area contributed by atoms with Crippen molar-refractivity contribution in [3.05, 3.63) is 34.3 Å². The van der Waals surface area contributed by atoms with Crippen LogP contribution in [0.5, 0.6) is 0 Å². The predicted octanol–water partition coefficient (Wildman–Crippen LogP) is 2.32. The van der Waals surface area contributed by atoms with Crippen molar-refractivity contribution in [1.82, 2.24) is 0 Å². The molecule has 0 heterocycles. The molecule has 0 unspecified atom stereocenters. The van der Waals surface area contributed by atoms with Gasteiger partial charge in [-0.1, -0.05) is 28.1 Å². The summed E-state index contributed by atoms with van der Waals surface area (Å²) >= 11 is 3.35. The van der Waals surface area contributed by atoms with Gasteiger partial charge in [-0.05, 0) is 30.5 Å². The zero-order valence-corrected chi connectivity index (χ0v) is 10.3. The summed E-state index contributed by atoms with van der Waals surface area (Å²) in [5.74, 6) is -0.948. The third kappa shape index (κ3) is 2.13. The molecule has 2 rings (SSSR count). The fourth-order valence-electron chi connectivity index (χ4n) is 2.09. The van der Waals surface area contributed by atoms with Gasteiger partial charge in [-0.3, -0.25) is 4.79 Å². The first-order chi connectivity index (χ1) is 7.54. The minimum atomic E-state index is -0.948. The molecule has 1 fully saturated rings. The first-order valence-corrected chi connectivity index (χ1v) is 6.00. The molecule has 1 aromatic carbocycles. The summed E-state index contributed by atoms with van der Waals surface area (Å²) in [6, 6.07) is 7.73. The van der Waals surface area contributed by atoms with E-state index in [1.54, 1.807) is 0 Å². The Morgan fingerprint density at radius 2 is 1.94 bits per heavy atom.